The normalized spacial score (nSPS) is 31.6. The van der Waals surface area contributed by atoms with Crippen LogP contribution in [0.4, 0.5) is 0 Å². The fourth-order valence-electron chi connectivity index (χ4n) is 1.38. The fraction of sp³-hybridized carbons (Fsp3) is 0.444. The van der Waals surface area contributed by atoms with Gasteiger partial charge in [0.2, 0.25) is 0 Å². The van der Waals surface area contributed by atoms with E-state index in [9.17, 15) is 0 Å². The van der Waals surface area contributed by atoms with Crippen LogP contribution in [0.5, 0.6) is 0 Å². The van der Waals surface area contributed by atoms with E-state index < -0.39 is 0 Å². The van der Waals surface area contributed by atoms with E-state index in [1.165, 1.54) is 11.3 Å². The molecule has 0 aliphatic heterocycles. The maximum absolute atomic E-state index is 4.23. The van der Waals surface area contributed by atoms with Crippen molar-refractivity contribution in [3.8, 4) is 0 Å². The maximum atomic E-state index is 4.23. The zero-order chi connectivity index (χ0) is 8.27. The first kappa shape index (κ1) is 8.67. The lowest BCUT2D eigenvalue weighted by atomic mass is 10.2. The smallest absolute Gasteiger partial charge is 0.0438 e. The molecule has 1 rings (SSSR count). The molecule has 0 N–H and O–H groups in total. The van der Waals surface area contributed by atoms with Crippen molar-refractivity contribution < 1.29 is 0 Å². The summed E-state index contributed by atoms with van der Waals surface area (Å²) in [6, 6.07) is 0. The predicted molar refractivity (Wildman–Crippen MR) is 54.1 cm³/mol. The van der Waals surface area contributed by atoms with Crippen molar-refractivity contribution in [1.29, 1.82) is 0 Å². The Kier molecular flexibility index (Phi) is 3.02. The second-order valence-corrected chi connectivity index (χ2v) is 3.68. The molecule has 0 spiro atoms. The van der Waals surface area contributed by atoms with Gasteiger partial charge in [0.25, 0.3) is 0 Å². The van der Waals surface area contributed by atoms with Gasteiger partial charge in [0.15, 0.2) is 0 Å². The molecule has 0 heterocycles. The lowest BCUT2D eigenvalue weighted by molar-refractivity contribution is 0.970. The molecule has 0 radical (unpaired) electrons. The van der Waals surface area contributed by atoms with Crippen LogP contribution in [0.3, 0.4) is 0 Å². The molecule has 0 aromatic rings. The summed E-state index contributed by atoms with van der Waals surface area (Å²) in [4.78, 5) is 4.23. The number of allylic oxidation sites excluding steroid dienone is 2. The highest BCUT2D eigenvalue weighted by atomic mass is 31.0. The molecule has 2 heteroatoms. The molecule has 2 unspecified atom stereocenters. The van der Waals surface area contributed by atoms with Gasteiger partial charge >= 0.3 is 0 Å². The van der Waals surface area contributed by atoms with E-state index in [1.54, 1.807) is 6.20 Å². The molecule has 60 valence electrons. The van der Waals surface area contributed by atoms with Gasteiger partial charge in [-0.2, -0.15) is 0 Å². The summed E-state index contributed by atoms with van der Waals surface area (Å²) >= 11 is 0. The van der Waals surface area contributed by atoms with Crippen molar-refractivity contribution in [2.75, 3.05) is 0 Å². The summed E-state index contributed by atoms with van der Waals surface area (Å²) < 4.78 is 0. The van der Waals surface area contributed by atoms with Gasteiger partial charge in [-0.3, -0.25) is 4.99 Å². The highest BCUT2D eigenvalue weighted by molar-refractivity contribution is 7.17. The van der Waals surface area contributed by atoms with Crippen LogP contribution in [0.25, 0.3) is 0 Å². The Bertz CT molecular complexity index is 216. The highest BCUT2D eigenvalue weighted by Gasteiger charge is 2.20. The fourth-order valence-corrected chi connectivity index (χ4v) is 1.86. The predicted octanol–water partition coefficient (Wildman–Crippen LogP) is 2.55. The zero-order valence-corrected chi connectivity index (χ0v) is 8.03. The number of hydrogen-bond donors (Lipinski definition) is 0. The van der Waals surface area contributed by atoms with Gasteiger partial charge in [-0.1, -0.05) is 12.7 Å². The summed E-state index contributed by atoms with van der Waals surface area (Å²) in [5, 5.41) is 0. The van der Waals surface area contributed by atoms with E-state index in [2.05, 4.69) is 33.8 Å². The SMILES string of the molecule is C=CN=C1CC(P)C/C1=C/C. The van der Waals surface area contributed by atoms with Crippen molar-refractivity contribution in [1.82, 2.24) is 0 Å². The van der Waals surface area contributed by atoms with Gasteiger partial charge in [-0.05, 0) is 31.0 Å². The van der Waals surface area contributed by atoms with E-state index >= 15 is 0 Å². The van der Waals surface area contributed by atoms with Gasteiger partial charge < -0.3 is 0 Å². The van der Waals surface area contributed by atoms with Gasteiger partial charge in [-0.25, -0.2) is 0 Å². The third-order valence-electron chi connectivity index (χ3n) is 1.90. The largest absolute Gasteiger partial charge is 0.262 e. The van der Waals surface area contributed by atoms with Crippen molar-refractivity contribution in [3.63, 3.8) is 0 Å². The minimum absolute atomic E-state index is 0.680. The molecule has 1 aliphatic carbocycles. The average Bonchev–Trinajstić information content (AvgIpc) is 2.32. The van der Waals surface area contributed by atoms with Crippen LogP contribution in [0.15, 0.2) is 29.4 Å². The summed E-state index contributed by atoms with van der Waals surface area (Å²) in [7, 11) is 2.84. The molecule has 1 fully saturated rings. The lowest BCUT2D eigenvalue weighted by Crippen LogP contribution is -1.92. The first-order valence-corrected chi connectivity index (χ1v) is 4.53. The third-order valence-corrected chi connectivity index (χ3v) is 2.38. The zero-order valence-electron chi connectivity index (χ0n) is 6.88. The average molecular weight is 167 g/mol. The van der Waals surface area contributed by atoms with Gasteiger partial charge in [-0.15, -0.1) is 9.24 Å². The summed E-state index contributed by atoms with van der Waals surface area (Å²) in [5.41, 5.74) is 3.27. The van der Waals surface area contributed by atoms with Crippen molar-refractivity contribution in [2.45, 2.75) is 25.4 Å². The first-order valence-electron chi connectivity index (χ1n) is 3.86. The number of hydrogen-bond acceptors (Lipinski definition) is 1. The van der Waals surface area contributed by atoms with E-state index in [0.717, 1.165) is 12.8 Å². The van der Waals surface area contributed by atoms with Gasteiger partial charge in [0.1, 0.15) is 0 Å². The third kappa shape index (κ3) is 2.00. The van der Waals surface area contributed by atoms with Crippen LogP contribution in [0.1, 0.15) is 19.8 Å². The highest BCUT2D eigenvalue weighted by Crippen LogP contribution is 2.28. The Morgan fingerprint density at radius 2 is 2.36 bits per heavy atom. The first-order chi connectivity index (χ1) is 5.27. The Morgan fingerprint density at radius 3 is 2.91 bits per heavy atom. The lowest BCUT2D eigenvalue weighted by Gasteiger charge is -1.93. The second kappa shape index (κ2) is 3.82. The molecular formula is C9H14NP. The molecular weight excluding hydrogens is 153 g/mol. The summed E-state index contributed by atoms with van der Waals surface area (Å²) in [5.74, 6) is 0. The van der Waals surface area contributed by atoms with E-state index in [-0.39, 0.29) is 0 Å². The molecule has 0 aromatic heterocycles. The van der Waals surface area contributed by atoms with Crippen LogP contribution < -0.4 is 0 Å². The molecule has 1 saturated carbocycles. The number of nitrogens with zero attached hydrogens (tertiary/aromatic N) is 1. The standard InChI is InChI=1S/C9H14NP/c1-3-7-5-8(11)6-9(7)10-4-2/h3-4,8H,2,5-6,11H2,1H3/b7-3-,10-9?. The quantitative estimate of drug-likeness (QED) is 0.532. The molecule has 1 nitrogen and oxygen atoms in total. The monoisotopic (exact) mass is 167 g/mol. The van der Waals surface area contributed by atoms with E-state index in [0.29, 0.717) is 5.66 Å². The van der Waals surface area contributed by atoms with Gasteiger partial charge in [0.05, 0.1) is 0 Å². The van der Waals surface area contributed by atoms with Crippen molar-refractivity contribution >= 4 is 15.0 Å². The summed E-state index contributed by atoms with van der Waals surface area (Å²) in [6.07, 6.45) is 6.00. The minimum Gasteiger partial charge on any atom is -0.262 e. The van der Waals surface area contributed by atoms with Crippen LogP contribution in [-0.2, 0) is 0 Å². The number of rotatable bonds is 1. The second-order valence-electron chi connectivity index (χ2n) is 2.74. The van der Waals surface area contributed by atoms with Crippen molar-refractivity contribution in [2.24, 2.45) is 4.99 Å². The molecule has 1 aliphatic rings. The van der Waals surface area contributed by atoms with Crippen LogP contribution in [0.2, 0.25) is 0 Å². The molecule has 0 saturated heterocycles. The van der Waals surface area contributed by atoms with Crippen LogP contribution in [-0.4, -0.2) is 11.4 Å². The van der Waals surface area contributed by atoms with Crippen LogP contribution in [0, 0.1) is 0 Å². The molecule has 2 atom stereocenters. The maximum Gasteiger partial charge on any atom is 0.0438 e. The summed E-state index contributed by atoms with van der Waals surface area (Å²) in [6.45, 7) is 5.66. The van der Waals surface area contributed by atoms with E-state index in [4.69, 9.17) is 0 Å². The molecule has 0 bridgehead atoms. The van der Waals surface area contributed by atoms with Gasteiger partial charge in [0, 0.05) is 11.9 Å². The minimum atomic E-state index is 0.680. The Hall–Kier alpha value is -0.420. The molecule has 0 amide bonds. The Morgan fingerprint density at radius 1 is 1.64 bits per heavy atom. The molecule has 11 heavy (non-hydrogen) atoms. The van der Waals surface area contributed by atoms with Crippen LogP contribution >= 0.6 is 9.24 Å². The Labute approximate surface area is 70.5 Å². The molecule has 0 aromatic carbocycles. The van der Waals surface area contributed by atoms with Crippen molar-refractivity contribution in [3.05, 3.63) is 24.4 Å². The van der Waals surface area contributed by atoms with E-state index in [1.807, 2.05) is 0 Å². The Balaban J connectivity index is 2.81. The topological polar surface area (TPSA) is 12.4 Å². The number of aliphatic imine (C=N–C) groups is 1.